The number of amides is 1. The van der Waals surface area contributed by atoms with Gasteiger partial charge in [-0.25, -0.2) is 0 Å². The standard InChI is InChI=1S/C14H19N3O2S/c15-13(18)10-5-6-17(9-10)7-8-19-12-4-2-1-3-11(12)14(16)20/h1-4,10H,5-9H2,(H2,15,18)(H2,16,20). The molecule has 1 amide bonds. The third-order valence-corrected chi connectivity index (χ3v) is 3.71. The lowest BCUT2D eigenvalue weighted by Gasteiger charge is -2.16. The van der Waals surface area contributed by atoms with Gasteiger partial charge < -0.3 is 16.2 Å². The van der Waals surface area contributed by atoms with E-state index in [1.807, 2.05) is 24.3 Å². The molecule has 1 heterocycles. The molecule has 0 bridgehead atoms. The SMILES string of the molecule is NC(=O)C1CCN(CCOc2ccccc2C(N)=S)C1. The zero-order chi connectivity index (χ0) is 14.5. The van der Waals surface area contributed by atoms with Gasteiger partial charge in [0.05, 0.1) is 11.5 Å². The largest absolute Gasteiger partial charge is 0.492 e. The summed E-state index contributed by atoms with van der Waals surface area (Å²) in [6.07, 6.45) is 0.832. The quantitative estimate of drug-likeness (QED) is 0.747. The smallest absolute Gasteiger partial charge is 0.221 e. The summed E-state index contributed by atoms with van der Waals surface area (Å²) in [6.45, 7) is 2.89. The predicted molar refractivity (Wildman–Crippen MR) is 81.6 cm³/mol. The molecule has 1 aromatic rings. The molecule has 0 aliphatic carbocycles. The Balaban J connectivity index is 1.82. The monoisotopic (exact) mass is 293 g/mol. The Morgan fingerprint density at radius 3 is 2.80 bits per heavy atom. The molecule has 0 spiro atoms. The van der Waals surface area contributed by atoms with Crippen LogP contribution in [0, 0.1) is 5.92 Å². The van der Waals surface area contributed by atoms with Crippen molar-refractivity contribution in [1.29, 1.82) is 0 Å². The Morgan fingerprint density at radius 2 is 2.15 bits per heavy atom. The van der Waals surface area contributed by atoms with E-state index in [0.717, 1.165) is 31.6 Å². The maximum Gasteiger partial charge on any atom is 0.221 e. The average molecular weight is 293 g/mol. The van der Waals surface area contributed by atoms with Gasteiger partial charge in [0.1, 0.15) is 17.3 Å². The number of carbonyl (C=O) groups excluding carboxylic acids is 1. The second kappa shape index (κ2) is 6.67. The van der Waals surface area contributed by atoms with Crippen LogP contribution in [0.5, 0.6) is 5.75 Å². The van der Waals surface area contributed by atoms with E-state index in [0.29, 0.717) is 17.3 Å². The van der Waals surface area contributed by atoms with Gasteiger partial charge in [0.2, 0.25) is 5.91 Å². The first kappa shape index (κ1) is 14.7. The van der Waals surface area contributed by atoms with E-state index in [4.69, 9.17) is 28.4 Å². The van der Waals surface area contributed by atoms with Crippen molar-refractivity contribution in [2.75, 3.05) is 26.2 Å². The third kappa shape index (κ3) is 3.68. The summed E-state index contributed by atoms with van der Waals surface area (Å²) in [5.41, 5.74) is 11.7. The van der Waals surface area contributed by atoms with Gasteiger partial charge in [0.25, 0.3) is 0 Å². The number of primary amides is 1. The van der Waals surface area contributed by atoms with E-state index in [1.54, 1.807) is 0 Å². The number of carbonyl (C=O) groups is 1. The van der Waals surface area contributed by atoms with Crippen molar-refractivity contribution in [3.05, 3.63) is 29.8 Å². The molecule has 6 heteroatoms. The number of ether oxygens (including phenoxy) is 1. The van der Waals surface area contributed by atoms with Crippen molar-refractivity contribution < 1.29 is 9.53 Å². The number of benzene rings is 1. The van der Waals surface area contributed by atoms with Crippen LogP contribution in [0.25, 0.3) is 0 Å². The summed E-state index contributed by atoms with van der Waals surface area (Å²) in [7, 11) is 0. The van der Waals surface area contributed by atoms with Crippen LogP contribution >= 0.6 is 12.2 Å². The molecular formula is C14H19N3O2S. The average Bonchev–Trinajstić information content (AvgIpc) is 2.88. The fraction of sp³-hybridized carbons (Fsp3) is 0.429. The number of nitrogens with two attached hydrogens (primary N) is 2. The summed E-state index contributed by atoms with van der Waals surface area (Å²) < 4.78 is 5.73. The van der Waals surface area contributed by atoms with Crippen LogP contribution in [0.15, 0.2) is 24.3 Å². The van der Waals surface area contributed by atoms with Gasteiger partial charge in [-0.1, -0.05) is 24.4 Å². The molecule has 0 saturated carbocycles. The van der Waals surface area contributed by atoms with Gasteiger partial charge in [0, 0.05) is 13.1 Å². The molecule has 1 aromatic carbocycles. The highest BCUT2D eigenvalue weighted by atomic mass is 32.1. The van der Waals surface area contributed by atoms with Crippen LogP contribution < -0.4 is 16.2 Å². The topological polar surface area (TPSA) is 81.6 Å². The first-order valence-electron chi connectivity index (χ1n) is 6.61. The number of hydrogen-bond donors (Lipinski definition) is 2. The number of thiocarbonyl (C=S) groups is 1. The number of rotatable bonds is 6. The predicted octanol–water partition coefficient (Wildman–Crippen LogP) is 0.507. The fourth-order valence-corrected chi connectivity index (χ4v) is 2.52. The second-order valence-corrected chi connectivity index (χ2v) is 5.34. The van der Waals surface area contributed by atoms with Gasteiger partial charge in [-0.15, -0.1) is 0 Å². The maximum absolute atomic E-state index is 11.1. The highest BCUT2D eigenvalue weighted by Gasteiger charge is 2.26. The molecule has 1 fully saturated rings. The summed E-state index contributed by atoms with van der Waals surface area (Å²) in [5, 5.41) is 0. The molecule has 108 valence electrons. The minimum Gasteiger partial charge on any atom is -0.492 e. The Labute approximate surface area is 123 Å². The van der Waals surface area contributed by atoms with Crippen molar-refractivity contribution in [3.63, 3.8) is 0 Å². The van der Waals surface area contributed by atoms with E-state index >= 15 is 0 Å². The first-order chi connectivity index (χ1) is 9.58. The fourth-order valence-electron chi connectivity index (χ4n) is 2.35. The zero-order valence-electron chi connectivity index (χ0n) is 11.2. The Kier molecular flexibility index (Phi) is 4.92. The molecule has 4 N–H and O–H groups in total. The molecule has 0 radical (unpaired) electrons. The summed E-state index contributed by atoms with van der Waals surface area (Å²) >= 11 is 4.99. The molecule has 0 aromatic heterocycles. The molecule has 2 rings (SSSR count). The second-order valence-electron chi connectivity index (χ2n) is 4.90. The molecule has 1 unspecified atom stereocenters. The van der Waals surface area contributed by atoms with Crippen molar-refractivity contribution in [2.45, 2.75) is 6.42 Å². The lowest BCUT2D eigenvalue weighted by atomic mass is 10.1. The van der Waals surface area contributed by atoms with Crippen LogP contribution in [-0.2, 0) is 4.79 Å². The van der Waals surface area contributed by atoms with Crippen LogP contribution in [-0.4, -0.2) is 42.0 Å². The van der Waals surface area contributed by atoms with Crippen LogP contribution in [0.1, 0.15) is 12.0 Å². The zero-order valence-corrected chi connectivity index (χ0v) is 12.1. The molecule has 5 nitrogen and oxygen atoms in total. The van der Waals surface area contributed by atoms with E-state index in [-0.39, 0.29) is 11.8 Å². The number of nitrogens with zero attached hydrogens (tertiary/aromatic N) is 1. The van der Waals surface area contributed by atoms with Crippen LogP contribution in [0.2, 0.25) is 0 Å². The highest BCUT2D eigenvalue weighted by Crippen LogP contribution is 2.19. The van der Waals surface area contributed by atoms with Crippen LogP contribution in [0.3, 0.4) is 0 Å². The Bertz CT molecular complexity index is 507. The molecule has 1 saturated heterocycles. The van der Waals surface area contributed by atoms with Gasteiger partial charge in [0.15, 0.2) is 0 Å². The van der Waals surface area contributed by atoms with Crippen LogP contribution in [0.4, 0.5) is 0 Å². The molecular weight excluding hydrogens is 274 g/mol. The lowest BCUT2D eigenvalue weighted by Crippen LogP contribution is -2.30. The number of para-hydroxylation sites is 1. The number of hydrogen-bond acceptors (Lipinski definition) is 4. The van der Waals surface area contributed by atoms with Crippen molar-refractivity contribution >= 4 is 23.1 Å². The van der Waals surface area contributed by atoms with Crippen molar-refractivity contribution in [1.82, 2.24) is 4.90 Å². The van der Waals surface area contributed by atoms with Gasteiger partial charge in [-0.3, -0.25) is 9.69 Å². The van der Waals surface area contributed by atoms with Gasteiger partial charge >= 0.3 is 0 Å². The normalized spacial score (nSPS) is 18.9. The molecule has 1 aliphatic rings. The highest BCUT2D eigenvalue weighted by molar-refractivity contribution is 7.80. The van der Waals surface area contributed by atoms with Crippen molar-refractivity contribution in [3.8, 4) is 5.75 Å². The summed E-state index contributed by atoms with van der Waals surface area (Å²) in [6, 6.07) is 7.46. The molecule has 20 heavy (non-hydrogen) atoms. The summed E-state index contributed by atoms with van der Waals surface area (Å²) in [5.74, 6) is 0.455. The van der Waals surface area contributed by atoms with E-state index in [2.05, 4.69) is 4.90 Å². The van der Waals surface area contributed by atoms with E-state index in [9.17, 15) is 4.79 Å². The number of likely N-dealkylation sites (tertiary alicyclic amines) is 1. The Morgan fingerprint density at radius 1 is 1.40 bits per heavy atom. The minimum atomic E-state index is -0.216. The third-order valence-electron chi connectivity index (χ3n) is 3.49. The lowest BCUT2D eigenvalue weighted by molar-refractivity contribution is -0.121. The first-order valence-corrected chi connectivity index (χ1v) is 7.02. The molecule has 1 atom stereocenters. The molecule has 1 aliphatic heterocycles. The van der Waals surface area contributed by atoms with Crippen molar-refractivity contribution in [2.24, 2.45) is 17.4 Å². The van der Waals surface area contributed by atoms with E-state index in [1.165, 1.54) is 0 Å². The maximum atomic E-state index is 11.1. The minimum absolute atomic E-state index is 0.0288. The summed E-state index contributed by atoms with van der Waals surface area (Å²) in [4.78, 5) is 13.6. The Hall–Kier alpha value is -1.66. The van der Waals surface area contributed by atoms with Gasteiger partial charge in [-0.05, 0) is 25.1 Å². The van der Waals surface area contributed by atoms with E-state index < -0.39 is 0 Å². The van der Waals surface area contributed by atoms with Gasteiger partial charge in [-0.2, -0.15) is 0 Å².